The summed E-state index contributed by atoms with van der Waals surface area (Å²) in [7, 11) is -1.89. The number of ether oxygens (including phenoxy) is 1. The van der Waals surface area contributed by atoms with Crippen LogP contribution in [0.1, 0.15) is 74.1 Å². The molecule has 2 nitrogen and oxygen atoms in total. The lowest BCUT2D eigenvalue weighted by molar-refractivity contribution is 0.0536. The van der Waals surface area contributed by atoms with Crippen molar-refractivity contribution in [1.29, 1.82) is 0 Å². The summed E-state index contributed by atoms with van der Waals surface area (Å²) in [6.45, 7) is 15.1. The molecule has 0 saturated heterocycles. The fourth-order valence-corrected chi connectivity index (χ4v) is 15.0. The molecule has 0 radical (unpaired) electrons. The number of cyclic esters (lactones) is 1. The summed E-state index contributed by atoms with van der Waals surface area (Å²) < 4.78 is 5.61. The normalized spacial score (nSPS) is 17.5. The zero-order valence-electron chi connectivity index (χ0n) is 19.5. The number of hydrogen-bond acceptors (Lipinski definition) is 2. The Morgan fingerprint density at radius 1 is 0.806 bits per heavy atom. The van der Waals surface area contributed by atoms with Gasteiger partial charge in [-0.15, -0.1) is 0 Å². The van der Waals surface area contributed by atoms with Crippen molar-refractivity contribution in [2.24, 2.45) is 0 Å². The highest BCUT2D eigenvalue weighted by Crippen LogP contribution is 2.61. The minimum Gasteiger partial charge on any atom is -0.457 e. The van der Waals surface area contributed by atoms with Crippen LogP contribution in [0, 0.1) is 0 Å². The first-order chi connectivity index (χ1) is 14.8. The molecule has 0 fully saturated rings. The van der Waals surface area contributed by atoms with Crippen molar-refractivity contribution in [3.05, 3.63) is 70.8 Å². The van der Waals surface area contributed by atoms with Gasteiger partial charge in [-0.25, -0.2) is 4.79 Å². The Labute approximate surface area is 186 Å². The number of hydrogen-bond donors (Lipinski definition) is 0. The molecular formula is C28H32O2Si. The number of benzene rings is 3. The van der Waals surface area contributed by atoms with Gasteiger partial charge in [0.25, 0.3) is 0 Å². The van der Waals surface area contributed by atoms with Crippen LogP contribution in [0.25, 0.3) is 21.9 Å². The third-order valence-electron chi connectivity index (χ3n) is 8.24. The molecule has 3 heteroatoms. The van der Waals surface area contributed by atoms with Gasteiger partial charge < -0.3 is 4.74 Å². The first-order valence-corrected chi connectivity index (χ1v) is 14.0. The van der Waals surface area contributed by atoms with Gasteiger partial charge >= 0.3 is 5.97 Å². The van der Waals surface area contributed by atoms with E-state index in [2.05, 4.69) is 90.1 Å². The van der Waals surface area contributed by atoms with E-state index < -0.39 is 8.07 Å². The van der Waals surface area contributed by atoms with Crippen LogP contribution in [0.5, 0.6) is 0 Å². The van der Waals surface area contributed by atoms with Crippen molar-refractivity contribution in [1.82, 2.24) is 0 Å². The van der Waals surface area contributed by atoms with E-state index in [1.807, 2.05) is 0 Å². The van der Waals surface area contributed by atoms with Gasteiger partial charge in [-0.1, -0.05) is 90.1 Å². The molecule has 5 rings (SSSR count). The van der Waals surface area contributed by atoms with Gasteiger partial charge in [-0.2, -0.15) is 0 Å². The summed E-state index contributed by atoms with van der Waals surface area (Å²) in [5, 5.41) is 2.31. The van der Waals surface area contributed by atoms with Crippen LogP contribution >= 0.6 is 0 Å². The van der Waals surface area contributed by atoms with Crippen LogP contribution in [-0.4, -0.2) is 14.0 Å². The van der Waals surface area contributed by atoms with Gasteiger partial charge in [0.15, 0.2) is 0 Å². The summed E-state index contributed by atoms with van der Waals surface area (Å²) in [4.78, 5) is 12.8. The van der Waals surface area contributed by atoms with E-state index in [0.29, 0.717) is 28.8 Å². The van der Waals surface area contributed by atoms with Crippen LogP contribution < -0.4 is 0 Å². The van der Waals surface area contributed by atoms with Crippen molar-refractivity contribution >= 4 is 24.8 Å². The van der Waals surface area contributed by atoms with Crippen molar-refractivity contribution in [3.8, 4) is 11.1 Å². The van der Waals surface area contributed by atoms with Gasteiger partial charge in [0.2, 0.25) is 0 Å². The highest BCUT2D eigenvalue weighted by molar-refractivity contribution is 6.85. The maximum absolute atomic E-state index is 12.8. The van der Waals surface area contributed by atoms with Crippen molar-refractivity contribution in [2.45, 2.75) is 70.3 Å². The first kappa shape index (κ1) is 20.5. The average Bonchev–Trinajstić information content (AvgIpc) is 3.27. The van der Waals surface area contributed by atoms with Gasteiger partial charge in [-0.3, -0.25) is 0 Å². The minimum absolute atomic E-state index is 0.171. The van der Waals surface area contributed by atoms with Crippen LogP contribution in [0.2, 0.25) is 16.6 Å². The molecule has 2 aliphatic rings. The highest BCUT2D eigenvalue weighted by Gasteiger charge is 2.54. The number of esters is 1. The molecule has 0 saturated carbocycles. The van der Waals surface area contributed by atoms with Crippen LogP contribution in [0.15, 0.2) is 48.5 Å². The van der Waals surface area contributed by atoms with E-state index in [0.717, 1.165) is 16.5 Å². The van der Waals surface area contributed by atoms with E-state index in [1.54, 1.807) is 0 Å². The van der Waals surface area contributed by atoms with Crippen molar-refractivity contribution in [3.63, 3.8) is 0 Å². The molecule has 0 bridgehead atoms. The third-order valence-corrected chi connectivity index (χ3v) is 15.8. The molecule has 0 unspecified atom stereocenters. The minimum atomic E-state index is -1.89. The molecular weight excluding hydrogens is 396 g/mol. The third kappa shape index (κ3) is 2.53. The van der Waals surface area contributed by atoms with Gasteiger partial charge in [0.1, 0.15) is 6.61 Å². The second-order valence-corrected chi connectivity index (χ2v) is 16.3. The van der Waals surface area contributed by atoms with E-state index in [4.69, 9.17) is 4.74 Å². The number of fused-ring (bicyclic) bond motifs is 8. The number of rotatable bonds is 4. The zero-order chi connectivity index (χ0) is 22.1. The molecule has 3 aromatic rings. The second kappa shape index (κ2) is 7.06. The Morgan fingerprint density at radius 3 is 2.03 bits per heavy atom. The lowest BCUT2D eigenvalue weighted by Gasteiger charge is -2.49. The quantitative estimate of drug-likeness (QED) is 0.312. The predicted molar refractivity (Wildman–Crippen MR) is 131 cm³/mol. The lowest BCUT2D eigenvalue weighted by atomic mass is 9.90. The Balaban J connectivity index is 1.99. The van der Waals surface area contributed by atoms with E-state index in [9.17, 15) is 4.79 Å². The molecule has 160 valence electrons. The highest BCUT2D eigenvalue weighted by atomic mass is 28.3. The standard InChI is InChI=1S/C28H32O2Si/c1-16(2)31(17(3)4,18(5)6)27-22-14-10-9-13-21(22)24-23-15-30-28(29)25(23)19-11-7-8-12-20(19)26(24)27/h7-14,16-18,27H,15H2,1-6H3/t27-/m1/s1. The second-order valence-electron chi connectivity index (χ2n) is 10.2. The van der Waals surface area contributed by atoms with Gasteiger partial charge in [0, 0.05) is 11.1 Å². The van der Waals surface area contributed by atoms with Gasteiger partial charge in [0.05, 0.1) is 13.6 Å². The summed E-state index contributed by atoms with van der Waals surface area (Å²) >= 11 is 0. The smallest absolute Gasteiger partial charge is 0.339 e. The molecule has 3 aromatic carbocycles. The Hall–Kier alpha value is -2.39. The SMILES string of the molecule is CC(C)[Si](C(C)C)(C(C)C)[C@@H]1c2ccccc2-c2c3c(c4ccccc4c21)C(=O)OC3. The molecule has 1 aliphatic heterocycles. The number of carbonyl (C=O) groups excluding carboxylic acids is 1. The molecule has 0 amide bonds. The first-order valence-electron chi connectivity index (χ1n) is 11.7. The van der Waals surface area contributed by atoms with Crippen LogP contribution in [-0.2, 0) is 11.3 Å². The molecule has 1 aliphatic carbocycles. The van der Waals surface area contributed by atoms with Crippen LogP contribution in [0.3, 0.4) is 0 Å². The maximum Gasteiger partial charge on any atom is 0.339 e. The maximum atomic E-state index is 12.8. The Kier molecular flexibility index (Phi) is 4.67. The Morgan fingerprint density at radius 2 is 1.39 bits per heavy atom. The predicted octanol–water partition coefficient (Wildman–Crippen LogP) is 7.84. The van der Waals surface area contributed by atoms with Crippen LogP contribution in [0.4, 0.5) is 0 Å². The number of carbonyl (C=O) groups is 1. The fourth-order valence-electron chi connectivity index (χ4n) is 7.37. The summed E-state index contributed by atoms with van der Waals surface area (Å²) in [6.07, 6.45) is 0. The Bertz CT molecular complexity index is 1180. The van der Waals surface area contributed by atoms with Crippen molar-refractivity contribution in [2.75, 3.05) is 0 Å². The molecule has 0 spiro atoms. The van der Waals surface area contributed by atoms with Crippen molar-refractivity contribution < 1.29 is 9.53 Å². The molecule has 1 atom stereocenters. The van der Waals surface area contributed by atoms with E-state index in [1.165, 1.54) is 27.6 Å². The fraction of sp³-hybridized carbons (Fsp3) is 0.393. The van der Waals surface area contributed by atoms with E-state index >= 15 is 0 Å². The van der Waals surface area contributed by atoms with Gasteiger partial charge in [-0.05, 0) is 49.6 Å². The molecule has 31 heavy (non-hydrogen) atoms. The monoisotopic (exact) mass is 428 g/mol. The zero-order valence-corrected chi connectivity index (χ0v) is 20.5. The molecule has 1 heterocycles. The lowest BCUT2D eigenvalue weighted by Crippen LogP contribution is -2.50. The largest absolute Gasteiger partial charge is 0.457 e. The molecule has 0 aromatic heterocycles. The summed E-state index contributed by atoms with van der Waals surface area (Å²) in [5.41, 5.74) is 9.78. The topological polar surface area (TPSA) is 26.3 Å². The summed E-state index contributed by atoms with van der Waals surface area (Å²) in [6, 6.07) is 17.5. The molecule has 0 N–H and O–H groups in total. The average molecular weight is 429 g/mol. The van der Waals surface area contributed by atoms with E-state index in [-0.39, 0.29) is 5.97 Å². The summed E-state index contributed by atoms with van der Waals surface area (Å²) in [5.74, 6) is -0.171.